The molecule has 1 aromatic rings. The summed E-state index contributed by atoms with van der Waals surface area (Å²) in [6, 6.07) is 4.96. The molecule has 0 saturated heterocycles. The molecule has 0 aromatic heterocycles. The number of hydrogen-bond acceptors (Lipinski definition) is 2. The van der Waals surface area contributed by atoms with Gasteiger partial charge < -0.3 is 10.1 Å². The Kier molecular flexibility index (Phi) is 5.95. The molecule has 0 spiro atoms. The number of methoxy groups -OCH3 is 1. The van der Waals surface area contributed by atoms with Crippen LogP contribution >= 0.6 is 23.2 Å². The number of amides is 1. The van der Waals surface area contributed by atoms with Crippen molar-refractivity contribution in [3.63, 3.8) is 0 Å². The zero-order valence-corrected chi connectivity index (χ0v) is 12.9. The second-order valence-electron chi connectivity index (χ2n) is 4.65. The van der Waals surface area contributed by atoms with Gasteiger partial charge in [-0.05, 0) is 38.0 Å². The van der Waals surface area contributed by atoms with Gasteiger partial charge in [-0.1, -0.05) is 18.5 Å². The Morgan fingerprint density at radius 1 is 1.47 bits per heavy atom. The fraction of sp³-hybridized carbons (Fsp3) is 0.500. The maximum absolute atomic E-state index is 12.3. The van der Waals surface area contributed by atoms with Crippen LogP contribution in [-0.2, 0) is 0 Å². The number of benzene rings is 1. The van der Waals surface area contributed by atoms with Gasteiger partial charge in [0, 0.05) is 16.4 Å². The van der Waals surface area contributed by atoms with Gasteiger partial charge in [0.1, 0.15) is 5.75 Å². The Morgan fingerprint density at radius 3 is 2.68 bits per heavy atom. The number of carbonyl (C=O) groups is 1. The van der Waals surface area contributed by atoms with Gasteiger partial charge in [0.05, 0.1) is 12.7 Å². The van der Waals surface area contributed by atoms with Crippen LogP contribution in [0.25, 0.3) is 0 Å². The highest BCUT2D eigenvalue weighted by molar-refractivity contribution is 6.30. The maximum Gasteiger partial charge on any atom is 0.255 e. The predicted octanol–water partition coefficient (Wildman–Crippen LogP) is 3.88. The highest BCUT2D eigenvalue weighted by Crippen LogP contribution is 2.24. The molecule has 1 rings (SSSR count). The Morgan fingerprint density at radius 2 is 2.16 bits per heavy atom. The third kappa shape index (κ3) is 4.29. The van der Waals surface area contributed by atoms with Gasteiger partial charge in [0.25, 0.3) is 5.91 Å². The van der Waals surface area contributed by atoms with E-state index < -0.39 is 0 Å². The predicted molar refractivity (Wildman–Crippen MR) is 79.5 cm³/mol. The van der Waals surface area contributed by atoms with Crippen molar-refractivity contribution in [1.29, 1.82) is 0 Å². The fourth-order valence-electron chi connectivity index (χ4n) is 1.73. The lowest BCUT2D eigenvalue weighted by Crippen LogP contribution is -2.45. The first-order chi connectivity index (χ1) is 8.95. The molecule has 5 heteroatoms. The molecule has 0 radical (unpaired) electrons. The quantitative estimate of drug-likeness (QED) is 0.810. The van der Waals surface area contributed by atoms with Gasteiger partial charge >= 0.3 is 0 Å². The third-order valence-electron chi connectivity index (χ3n) is 3.25. The zero-order valence-electron chi connectivity index (χ0n) is 11.4. The van der Waals surface area contributed by atoms with E-state index >= 15 is 0 Å². The SMILES string of the molecule is CCC(C)(CCCl)NC(=O)c1ccc(Cl)cc1OC. The van der Waals surface area contributed by atoms with Gasteiger partial charge in [-0.3, -0.25) is 4.79 Å². The zero-order chi connectivity index (χ0) is 14.5. The maximum atomic E-state index is 12.3. The lowest BCUT2D eigenvalue weighted by molar-refractivity contribution is 0.0898. The summed E-state index contributed by atoms with van der Waals surface area (Å²) in [5, 5.41) is 3.54. The molecule has 1 N–H and O–H groups in total. The average Bonchev–Trinajstić information content (AvgIpc) is 2.38. The molecule has 0 aliphatic carbocycles. The highest BCUT2D eigenvalue weighted by Gasteiger charge is 2.25. The number of halogens is 2. The molecule has 0 saturated carbocycles. The van der Waals surface area contributed by atoms with Crippen LogP contribution in [0.1, 0.15) is 37.0 Å². The summed E-state index contributed by atoms with van der Waals surface area (Å²) >= 11 is 11.7. The van der Waals surface area contributed by atoms with E-state index in [0.717, 1.165) is 6.42 Å². The van der Waals surface area contributed by atoms with E-state index in [1.165, 1.54) is 7.11 Å². The van der Waals surface area contributed by atoms with Gasteiger partial charge in [0.15, 0.2) is 0 Å². The van der Waals surface area contributed by atoms with E-state index in [-0.39, 0.29) is 11.4 Å². The third-order valence-corrected chi connectivity index (χ3v) is 3.67. The summed E-state index contributed by atoms with van der Waals surface area (Å²) in [5.41, 5.74) is 0.157. The number of alkyl halides is 1. The molecule has 106 valence electrons. The number of rotatable bonds is 6. The van der Waals surface area contributed by atoms with Gasteiger partial charge in [-0.2, -0.15) is 0 Å². The first-order valence-corrected chi connectivity index (χ1v) is 7.09. The van der Waals surface area contributed by atoms with E-state index in [9.17, 15) is 4.79 Å². The van der Waals surface area contributed by atoms with Crippen LogP contribution in [-0.4, -0.2) is 24.4 Å². The molecule has 0 aliphatic heterocycles. The smallest absolute Gasteiger partial charge is 0.255 e. The lowest BCUT2D eigenvalue weighted by atomic mass is 9.95. The standard InChI is InChI=1S/C14H19Cl2NO2/c1-4-14(2,7-8-15)17-13(18)11-6-5-10(16)9-12(11)19-3/h5-6,9H,4,7-8H2,1-3H3,(H,17,18). The Hall–Kier alpha value is -0.930. The second-order valence-corrected chi connectivity index (χ2v) is 5.47. The van der Waals surface area contributed by atoms with Gasteiger partial charge in [-0.25, -0.2) is 0 Å². The Bertz CT molecular complexity index is 451. The van der Waals surface area contributed by atoms with Gasteiger partial charge in [-0.15, -0.1) is 11.6 Å². The largest absolute Gasteiger partial charge is 0.496 e. The topological polar surface area (TPSA) is 38.3 Å². The van der Waals surface area contributed by atoms with Crippen molar-refractivity contribution in [2.75, 3.05) is 13.0 Å². The van der Waals surface area contributed by atoms with Crippen LogP contribution in [0.3, 0.4) is 0 Å². The van der Waals surface area contributed by atoms with E-state index in [1.54, 1.807) is 18.2 Å². The molecule has 0 heterocycles. The molecular weight excluding hydrogens is 285 g/mol. The number of nitrogens with one attached hydrogen (secondary N) is 1. The van der Waals surface area contributed by atoms with Crippen molar-refractivity contribution in [3.8, 4) is 5.75 Å². The summed E-state index contributed by atoms with van der Waals surface area (Å²) in [7, 11) is 1.51. The average molecular weight is 304 g/mol. The van der Waals surface area contributed by atoms with Crippen LogP contribution in [0.5, 0.6) is 5.75 Å². The Balaban J connectivity index is 2.94. The molecule has 0 aliphatic rings. The fourth-order valence-corrected chi connectivity index (χ4v) is 2.31. The number of carbonyl (C=O) groups excluding carboxylic acids is 1. The van der Waals surface area contributed by atoms with Crippen molar-refractivity contribution >= 4 is 29.1 Å². The van der Waals surface area contributed by atoms with E-state index in [1.807, 2.05) is 13.8 Å². The summed E-state index contributed by atoms with van der Waals surface area (Å²) < 4.78 is 5.18. The van der Waals surface area contributed by atoms with Crippen LogP contribution in [0.4, 0.5) is 0 Å². The van der Waals surface area contributed by atoms with Crippen LogP contribution in [0.2, 0.25) is 5.02 Å². The molecule has 1 atom stereocenters. The first-order valence-electron chi connectivity index (χ1n) is 6.17. The highest BCUT2D eigenvalue weighted by atomic mass is 35.5. The van der Waals surface area contributed by atoms with E-state index in [2.05, 4.69) is 5.32 Å². The molecule has 1 aromatic carbocycles. The van der Waals surface area contributed by atoms with Crippen molar-refractivity contribution in [2.45, 2.75) is 32.2 Å². The molecule has 1 amide bonds. The molecule has 1 unspecified atom stereocenters. The minimum atomic E-state index is -0.316. The van der Waals surface area contributed by atoms with Gasteiger partial charge in [0.2, 0.25) is 0 Å². The monoisotopic (exact) mass is 303 g/mol. The van der Waals surface area contributed by atoms with Crippen molar-refractivity contribution < 1.29 is 9.53 Å². The molecule has 0 fully saturated rings. The minimum Gasteiger partial charge on any atom is -0.496 e. The molecule has 19 heavy (non-hydrogen) atoms. The lowest BCUT2D eigenvalue weighted by Gasteiger charge is -2.29. The van der Waals surface area contributed by atoms with Crippen molar-refractivity contribution in [2.24, 2.45) is 0 Å². The molecule has 0 bridgehead atoms. The van der Waals surface area contributed by atoms with Crippen molar-refractivity contribution in [1.82, 2.24) is 5.32 Å². The summed E-state index contributed by atoms with van der Waals surface area (Å²) in [4.78, 5) is 12.3. The second kappa shape index (κ2) is 7.01. The number of ether oxygens (including phenoxy) is 1. The Labute approximate surface area is 124 Å². The summed E-state index contributed by atoms with van der Waals surface area (Å²) in [6.45, 7) is 4.00. The summed E-state index contributed by atoms with van der Waals surface area (Å²) in [5.74, 6) is 0.792. The first kappa shape index (κ1) is 16.1. The van der Waals surface area contributed by atoms with Crippen LogP contribution in [0.15, 0.2) is 18.2 Å². The molecule has 3 nitrogen and oxygen atoms in total. The van der Waals surface area contributed by atoms with E-state index in [4.69, 9.17) is 27.9 Å². The normalized spacial score (nSPS) is 13.7. The van der Waals surface area contributed by atoms with Crippen LogP contribution in [0, 0.1) is 0 Å². The number of hydrogen-bond donors (Lipinski definition) is 1. The van der Waals surface area contributed by atoms with Crippen molar-refractivity contribution in [3.05, 3.63) is 28.8 Å². The minimum absolute atomic E-state index is 0.178. The molecular formula is C14H19Cl2NO2. The van der Waals surface area contributed by atoms with Crippen LogP contribution < -0.4 is 10.1 Å². The summed E-state index contributed by atoms with van der Waals surface area (Å²) in [6.07, 6.45) is 1.52. The van der Waals surface area contributed by atoms with E-state index in [0.29, 0.717) is 28.6 Å².